The molecule has 52 heavy (non-hydrogen) atoms. The van der Waals surface area contributed by atoms with Crippen LogP contribution in [0.4, 0.5) is 27.9 Å². The molecule has 1 aliphatic rings. The van der Waals surface area contributed by atoms with Crippen LogP contribution in [0.5, 0.6) is 0 Å². The second kappa shape index (κ2) is 15.6. The summed E-state index contributed by atoms with van der Waals surface area (Å²) >= 11 is 0. The third-order valence-electron chi connectivity index (χ3n) is 8.58. The van der Waals surface area contributed by atoms with E-state index in [1.807, 2.05) is 35.2 Å². The highest BCUT2D eigenvalue weighted by molar-refractivity contribution is 5.90. The first-order chi connectivity index (χ1) is 25.0. The van der Waals surface area contributed by atoms with Gasteiger partial charge in [0.1, 0.15) is 17.7 Å². The number of piperazine rings is 1. The molecule has 0 bridgehead atoms. The van der Waals surface area contributed by atoms with Gasteiger partial charge in [0.25, 0.3) is 0 Å². The minimum absolute atomic E-state index is 0.0412. The second-order valence-corrected chi connectivity index (χ2v) is 12.4. The van der Waals surface area contributed by atoms with Gasteiger partial charge in [-0.05, 0) is 53.6 Å². The molecule has 1 atom stereocenters. The highest BCUT2D eigenvalue weighted by Gasteiger charge is 2.24. The quantitative estimate of drug-likeness (QED) is 0.147. The first-order valence-electron chi connectivity index (χ1n) is 16.5. The second-order valence-electron chi connectivity index (χ2n) is 12.4. The number of H-pyrrole nitrogens is 1. The van der Waals surface area contributed by atoms with E-state index in [1.165, 1.54) is 30.0 Å². The van der Waals surface area contributed by atoms with Gasteiger partial charge in [0, 0.05) is 58.7 Å². The summed E-state index contributed by atoms with van der Waals surface area (Å²) in [6, 6.07) is 19.2. The van der Waals surface area contributed by atoms with Crippen LogP contribution in [0.2, 0.25) is 0 Å². The third kappa shape index (κ3) is 8.81. The predicted molar refractivity (Wildman–Crippen MR) is 190 cm³/mol. The van der Waals surface area contributed by atoms with Crippen LogP contribution in [0.25, 0.3) is 11.0 Å². The number of halogens is 1. The van der Waals surface area contributed by atoms with Crippen LogP contribution in [0.15, 0.2) is 66.7 Å². The number of rotatable bonds is 12. The standard InChI is InChI=1S/C36H36FN11O4/c1-22(49)47-14-12-46(13-15-47)20-26-4-3-5-28(16-26)39-34-43-35(42-31(33(51)52)17-24-6-8-25(19-38)9-7-24)45-36(44-34)48(23(2)50)21-32-40-29-11-10-27(37)18-30(29)41-32/h3-11,16,18,31H,12-15,17,20-21H2,1-2H3,(H,40,41)(H,51,52)(H2,39,42,43,44,45). The zero-order chi connectivity index (χ0) is 36.8. The highest BCUT2D eigenvalue weighted by Crippen LogP contribution is 2.23. The molecule has 1 aliphatic heterocycles. The SMILES string of the molecule is CC(=O)N1CCN(Cc2cccc(Nc3nc(NC(Cc4ccc(C#N)cc4)C(=O)O)nc(N(Cc4nc5ccc(F)cc5[nH]4)C(C)=O)n3)c2)CC1. The number of hydrogen-bond acceptors (Lipinski definition) is 11. The van der Waals surface area contributed by atoms with Crippen LogP contribution in [0, 0.1) is 17.1 Å². The number of carbonyl (C=O) groups is 3. The van der Waals surface area contributed by atoms with Gasteiger partial charge < -0.3 is 25.6 Å². The number of aromatic amines is 1. The largest absolute Gasteiger partial charge is 0.480 e. The summed E-state index contributed by atoms with van der Waals surface area (Å²) in [6.07, 6.45) is 0.0412. The lowest BCUT2D eigenvalue weighted by molar-refractivity contribution is -0.138. The molecule has 6 rings (SSSR count). The molecule has 16 heteroatoms. The minimum atomic E-state index is -1.18. The van der Waals surface area contributed by atoms with Crippen molar-refractivity contribution >= 4 is 52.3 Å². The van der Waals surface area contributed by atoms with E-state index in [4.69, 9.17) is 5.26 Å². The Balaban J connectivity index is 1.29. The molecule has 266 valence electrons. The molecule has 0 spiro atoms. The van der Waals surface area contributed by atoms with Crippen molar-refractivity contribution in [2.45, 2.75) is 39.4 Å². The van der Waals surface area contributed by atoms with Gasteiger partial charge in [-0.2, -0.15) is 20.2 Å². The molecule has 0 aliphatic carbocycles. The van der Waals surface area contributed by atoms with Gasteiger partial charge in [-0.25, -0.2) is 14.2 Å². The van der Waals surface area contributed by atoms with Crippen LogP contribution < -0.4 is 15.5 Å². The molecule has 1 saturated heterocycles. The summed E-state index contributed by atoms with van der Waals surface area (Å²) in [4.78, 5) is 63.5. The molecule has 2 amide bonds. The van der Waals surface area contributed by atoms with E-state index in [9.17, 15) is 23.9 Å². The van der Waals surface area contributed by atoms with E-state index in [1.54, 1.807) is 31.2 Å². The molecule has 15 nitrogen and oxygen atoms in total. The number of nitrogens with zero attached hydrogens (tertiary/aromatic N) is 8. The Morgan fingerprint density at radius 3 is 2.40 bits per heavy atom. The number of fused-ring (bicyclic) bond motifs is 1. The zero-order valence-electron chi connectivity index (χ0n) is 28.5. The van der Waals surface area contributed by atoms with Gasteiger partial charge in [-0.15, -0.1) is 0 Å². The van der Waals surface area contributed by atoms with Crippen molar-refractivity contribution in [1.82, 2.24) is 34.7 Å². The van der Waals surface area contributed by atoms with Crippen molar-refractivity contribution in [2.75, 3.05) is 41.7 Å². The summed E-state index contributed by atoms with van der Waals surface area (Å²) in [5, 5.41) is 25.3. The van der Waals surface area contributed by atoms with E-state index < -0.39 is 23.7 Å². The Bertz CT molecular complexity index is 2140. The van der Waals surface area contributed by atoms with E-state index in [0.717, 1.165) is 18.7 Å². The van der Waals surface area contributed by atoms with Crippen LogP contribution in [0.1, 0.15) is 36.4 Å². The molecule has 3 aromatic carbocycles. The number of aromatic nitrogens is 5. The van der Waals surface area contributed by atoms with Crippen molar-refractivity contribution in [1.29, 1.82) is 5.26 Å². The number of hydrogen-bond donors (Lipinski definition) is 4. The molecular formula is C36H36FN11O4. The molecule has 4 N–H and O–H groups in total. The number of nitriles is 1. The maximum atomic E-state index is 13.9. The van der Waals surface area contributed by atoms with Crippen LogP contribution in [-0.2, 0) is 33.9 Å². The van der Waals surface area contributed by atoms with Gasteiger partial charge in [-0.1, -0.05) is 24.3 Å². The topological polar surface area (TPSA) is 196 Å². The number of amides is 2. The van der Waals surface area contributed by atoms with Crippen LogP contribution >= 0.6 is 0 Å². The Morgan fingerprint density at radius 2 is 1.71 bits per heavy atom. The van der Waals surface area contributed by atoms with E-state index in [-0.39, 0.29) is 36.7 Å². The van der Waals surface area contributed by atoms with Crippen molar-refractivity contribution in [3.63, 3.8) is 0 Å². The first kappa shape index (κ1) is 35.4. The Hall–Kier alpha value is -6.47. The number of benzene rings is 3. The normalized spacial score (nSPS) is 13.7. The number of aliphatic carboxylic acids is 1. The maximum absolute atomic E-state index is 13.9. The van der Waals surface area contributed by atoms with Gasteiger partial charge in [-0.3, -0.25) is 19.4 Å². The summed E-state index contributed by atoms with van der Waals surface area (Å²) in [5.74, 6) is -1.78. The van der Waals surface area contributed by atoms with Gasteiger partial charge in [0.2, 0.25) is 29.7 Å². The average molecular weight is 706 g/mol. The summed E-state index contributed by atoms with van der Waals surface area (Å²) in [7, 11) is 0. The van der Waals surface area contributed by atoms with Crippen molar-refractivity contribution < 1.29 is 23.9 Å². The Morgan fingerprint density at radius 1 is 0.962 bits per heavy atom. The van der Waals surface area contributed by atoms with Crippen molar-refractivity contribution in [3.05, 3.63) is 95.1 Å². The lowest BCUT2D eigenvalue weighted by Crippen LogP contribution is -2.47. The van der Waals surface area contributed by atoms with Crippen molar-refractivity contribution in [2.24, 2.45) is 0 Å². The first-order valence-corrected chi connectivity index (χ1v) is 16.5. The lowest BCUT2D eigenvalue weighted by atomic mass is 10.0. The Kier molecular flexibility index (Phi) is 10.6. The molecule has 2 aromatic heterocycles. The minimum Gasteiger partial charge on any atom is -0.480 e. The predicted octanol–water partition coefficient (Wildman–Crippen LogP) is 3.83. The van der Waals surface area contributed by atoms with Crippen LogP contribution in [-0.4, -0.2) is 89.8 Å². The van der Waals surface area contributed by atoms with Gasteiger partial charge in [0.05, 0.1) is 29.2 Å². The smallest absolute Gasteiger partial charge is 0.326 e. The van der Waals surface area contributed by atoms with Gasteiger partial charge >= 0.3 is 5.97 Å². The molecule has 1 fully saturated rings. The number of carboxylic acids is 1. The fourth-order valence-corrected chi connectivity index (χ4v) is 5.85. The molecular weight excluding hydrogens is 669 g/mol. The monoisotopic (exact) mass is 705 g/mol. The average Bonchev–Trinajstić information content (AvgIpc) is 3.52. The number of carboxylic acid groups (broad SMARTS) is 1. The molecule has 5 aromatic rings. The number of carbonyl (C=O) groups excluding carboxylic acids is 2. The summed E-state index contributed by atoms with van der Waals surface area (Å²) in [5.41, 5.74) is 3.72. The Labute approximate surface area is 298 Å². The highest BCUT2D eigenvalue weighted by atomic mass is 19.1. The zero-order valence-corrected chi connectivity index (χ0v) is 28.5. The number of anilines is 4. The number of imidazole rings is 1. The molecule has 0 radical (unpaired) electrons. The lowest BCUT2D eigenvalue weighted by Gasteiger charge is -2.34. The maximum Gasteiger partial charge on any atom is 0.326 e. The van der Waals surface area contributed by atoms with Crippen LogP contribution in [0.3, 0.4) is 0 Å². The van der Waals surface area contributed by atoms with Crippen molar-refractivity contribution in [3.8, 4) is 6.07 Å². The number of nitrogens with one attached hydrogen (secondary N) is 3. The van der Waals surface area contributed by atoms with E-state index in [2.05, 4.69) is 40.5 Å². The van der Waals surface area contributed by atoms with E-state index in [0.29, 0.717) is 53.3 Å². The van der Waals surface area contributed by atoms with Gasteiger partial charge in [0.15, 0.2) is 0 Å². The fourth-order valence-electron chi connectivity index (χ4n) is 5.85. The summed E-state index contributed by atoms with van der Waals surface area (Å²) in [6.45, 7) is 6.28. The molecule has 0 saturated carbocycles. The molecule has 1 unspecified atom stereocenters. The molecule has 3 heterocycles. The fraction of sp³-hybridized carbons (Fsp3) is 0.278. The third-order valence-corrected chi connectivity index (χ3v) is 8.58. The summed E-state index contributed by atoms with van der Waals surface area (Å²) < 4.78 is 13.9. The van der Waals surface area contributed by atoms with E-state index >= 15 is 0 Å².